The maximum absolute atomic E-state index is 12.6. The summed E-state index contributed by atoms with van der Waals surface area (Å²) in [5, 5.41) is 10.3. The summed E-state index contributed by atoms with van der Waals surface area (Å²) in [5.74, 6) is 0.668. The zero-order valence-electron chi connectivity index (χ0n) is 14.2. The molecule has 4 rings (SSSR count). The fourth-order valence-electron chi connectivity index (χ4n) is 2.78. The van der Waals surface area contributed by atoms with Crippen LogP contribution in [0.3, 0.4) is 0 Å². The number of rotatable bonds is 3. The Balaban J connectivity index is 1.93. The molecule has 0 amide bonds. The van der Waals surface area contributed by atoms with Crippen LogP contribution in [0.5, 0.6) is 0 Å². The third-order valence-corrected chi connectivity index (χ3v) is 4.26. The number of hydrogen-bond donors (Lipinski definition) is 0. The summed E-state index contributed by atoms with van der Waals surface area (Å²) >= 11 is 6.03. The second-order valence-electron chi connectivity index (χ2n) is 6.17. The molecule has 0 aliphatic rings. The van der Waals surface area contributed by atoms with E-state index in [1.54, 1.807) is 18.2 Å². The van der Waals surface area contributed by atoms with Crippen molar-refractivity contribution in [3.05, 3.63) is 63.9 Å². The SMILES string of the molecule is CC(C)n1nc(-c2nc(-c3cccc(Cl)c3)no2)c2ccccc2c1=O. The minimum Gasteiger partial charge on any atom is -0.332 e. The Hall–Kier alpha value is -2.99. The first-order valence-corrected chi connectivity index (χ1v) is 8.54. The average Bonchev–Trinajstić information content (AvgIpc) is 3.12. The molecule has 0 spiro atoms. The lowest BCUT2D eigenvalue weighted by atomic mass is 10.1. The molecular weight excluding hydrogens is 352 g/mol. The molecule has 0 atom stereocenters. The van der Waals surface area contributed by atoms with Gasteiger partial charge in [-0.15, -0.1) is 0 Å². The molecule has 0 radical (unpaired) electrons. The van der Waals surface area contributed by atoms with E-state index in [1.807, 2.05) is 44.2 Å². The first-order valence-electron chi connectivity index (χ1n) is 8.16. The van der Waals surface area contributed by atoms with Gasteiger partial charge in [0.1, 0.15) is 0 Å². The fraction of sp³-hybridized carbons (Fsp3) is 0.158. The molecule has 0 aliphatic heterocycles. The number of aromatic nitrogens is 4. The highest BCUT2D eigenvalue weighted by molar-refractivity contribution is 6.30. The van der Waals surface area contributed by atoms with Crippen molar-refractivity contribution in [2.24, 2.45) is 0 Å². The topological polar surface area (TPSA) is 73.8 Å². The molecule has 26 heavy (non-hydrogen) atoms. The number of hydrogen-bond acceptors (Lipinski definition) is 5. The third-order valence-electron chi connectivity index (χ3n) is 4.03. The largest absolute Gasteiger partial charge is 0.332 e. The fourth-order valence-corrected chi connectivity index (χ4v) is 2.97. The van der Waals surface area contributed by atoms with Crippen LogP contribution in [0.2, 0.25) is 5.02 Å². The van der Waals surface area contributed by atoms with Crippen LogP contribution in [0.25, 0.3) is 33.7 Å². The van der Waals surface area contributed by atoms with E-state index in [4.69, 9.17) is 16.1 Å². The van der Waals surface area contributed by atoms with Gasteiger partial charge in [0.15, 0.2) is 5.69 Å². The molecule has 2 aromatic carbocycles. The molecule has 4 aromatic rings. The smallest absolute Gasteiger partial charge is 0.279 e. The summed E-state index contributed by atoms with van der Waals surface area (Å²) < 4.78 is 6.88. The predicted octanol–water partition coefficient (Wildman–Crippen LogP) is 4.35. The van der Waals surface area contributed by atoms with Crippen molar-refractivity contribution >= 4 is 22.4 Å². The Morgan fingerprint density at radius 2 is 1.85 bits per heavy atom. The molecule has 0 N–H and O–H groups in total. The van der Waals surface area contributed by atoms with E-state index in [9.17, 15) is 4.79 Å². The van der Waals surface area contributed by atoms with Gasteiger partial charge in [-0.1, -0.05) is 47.1 Å². The highest BCUT2D eigenvalue weighted by Crippen LogP contribution is 2.27. The van der Waals surface area contributed by atoms with Gasteiger partial charge in [-0.3, -0.25) is 4.79 Å². The third kappa shape index (κ3) is 2.78. The van der Waals surface area contributed by atoms with E-state index in [2.05, 4.69) is 15.2 Å². The van der Waals surface area contributed by atoms with Gasteiger partial charge in [0.05, 0.1) is 11.4 Å². The van der Waals surface area contributed by atoms with Crippen LogP contribution in [0.4, 0.5) is 0 Å². The van der Waals surface area contributed by atoms with E-state index >= 15 is 0 Å². The summed E-state index contributed by atoms with van der Waals surface area (Å²) in [5.41, 5.74) is 1.08. The molecule has 0 saturated carbocycles. The van der Waals surface area contributed by atoms with Gasteiger partial charge in [-0.2, -0.15) is 10.1 Å². The van der Waals surface area contributed by atoms with E-state index < -0.39 is 0 Å². The Bertz CT molecular complexity index is 1160. The molecule has 7 heteroatoms. The molecule has 0 bridgehead atoms. The summed E-state index contributed by atoms with van der Waals surface area (Å²) in [6, 6.07) is 14.4. The Labute approximate surface area is 154 Å². The highest BCUT2D eigenvalue weighted by atomic mass is 35.5. The van der Waals surface area contributed by atoms with Crippen LogP contribution < -0.4 is 5.56 Å². The van der Waals surface area contributed by atoms with E-state index in [0.717, 1.165) is 5.56 Å². The molecular formula is C19H15ClN4O2. The highest BCUT2D eigenvalue weighted by Gasteiger charge is 2.19. The van der Waals surface area contributed by atoms with Crippen LogP contribution in [0.1, 0.15) is 19.9 Å². The number of halogens is 1. The summed E-state index contributed by atoms with van der Waals surface area (Å²) in [4.78, 5) is 17.1. The standard InChI is InChI=1S/C19H15ClN4O2/c1-11(2)24-19(25)15-9-4-3-8-14(15)16(22-24)18-21-17(23-26-18)12-6-5-7-13(20)10-12/h3-11H,1-2H3. The lowest BCUT2D eigenvalue weighted by Crippen LogP contribution is -2.25. The molecule has 2 aromatic heterocycles. The zero-order valence-corrected chi connectivity index (χ0v) is 14.9. The van der Waals surface area contributed by atoms with Crippen LogP contribution >= 0.6 is 11.6 Å². The lowest BCUT2D eigenvalue weighted by Gasteiger charge is -2.11. The number of nitrogens with zero attached hydrogens (tertiary/aromatic N) is 4. The monoisotopic (exact) mass is 366 g/mol. The zero-order chi connectivity index (χ0) is 18.3. The normalized spacial score (nSPS) is 11.4. The summed E-state index contributed by atoms with van der Waals surface area (Å²) in [7, 11) is 0. The summed E-state index contributed by atoms with van der Waals surface area (Å²) in [6.07, 6.45) is 0. The van der Waals surface area contributed by atoms with Crippen LogP contribution in [0, 0.1) is 0 Å². The van der Waals surface area contributed by atoms with Crippen molar-refractivity contribution in [2.45, 2.75) is 19.9 Å². The van der Waals surface area contributed by atoms with Crippen molar-refractivity contribution in [1.29, 1.82) is 0 Å². The Morgan fingerprint density at radius 1 is 1.08 bits per heavy atom. The van der Waals surface area contributed by atoms with Gasteiger partial charge in [-0.25, -0.2) is 4.68 Å². The number of benzene rings is 2. The molecule has 0 saturated heterocycles. The van der Waals surface area contributed by atoms with Crippen LogP contribution in [0.15, 0.2) is 57.8 Å². The van der Waals surface area contributed by atoms with Crippen LogP contribution in [-0.4, -0.2) is 19.9 Å². The van der Waals surface area contributed by atoms with Gasteiger partial charge in [0.2, 0.25) is 5.82 Å². The van der Waals surface area contributed by atoms with Gasteiger partial charge in [0, 0.05) is 16.0 Å². The van der Waals surface area contributed by atoms with Gasteiger partial charge < -0.3 is 4.52 Å². The van der Waals surface area contributed by atoms with Crippen molar-refractivity contribution in [2.75, 3.05) is 0 Å². The Kier molecular flexibility index (Phi) is 4.05. The second kappa shape index (κ2) is 6.38. The van der Waals surface area contributed by atoms with Crippen molar-refractivity contribution in [1.82, 2.24) is 19.9 Å². The molecule has 0 fully saturated rings. The lowest BCUT2D eigenvalue weighted by molar-refractivity contribution is 0.427. The minimum absolute atomic E-state index is 0.0961. The quantitative estimate of drug-likeness (QED) is 0.539. The molecule has 2 heterocycles. The van der Waals surface area contributed by atoms with E-state index in [-0.39, 0.29) is 17.5 Å². The molecule has 130 valence electrons. The average molecular weight is 367 g/mol. The van der Waals surface area contributed by atoms with Gasteiger partial charge in [0.25, 0.3) is 11.4 Å². The maximum atomic E-state index is 12.6. The van der Waals surface area contributed by atoms with Crippen LogP contribution in [-0.2, 0) is 0 Å². The molecule has 6 nitrogen and oxygen atoms in total. The molecule has 0 unspecified atom stereocenters. The predicted molar refractivity (Wildman–Crippen MR) is 100 cm³/mol. The maximum Gasteiger partial charge on any atom is 0.279 e. The molecule has 0 aliphatic carbocycles. The van der Waals surface area contributed by atoms with Crippen molar-refractivity contribution < 1.29 is 4.52 Å². The minimum atomic E-state index is -0.145. The number of fused-ring (bicyclic) bond motifs is 1. The van der Waals surface area contributed by atoms with E-state index in [0.29, 0.717) is 27.3 Å². The van der Waals surface area contributed by atoms with Crippen molar-refractivity contribution in [3.8, 4) is 23.0 Å². The van der Waals surface area contributed by atoms with Gasteiger partial charge in [-0.05, 0) is 32.0 Å². The van der Waals surface area contributed by atoms with Gasteiger partial charge >= 0.3 is 0 Å². The summed E-state index contributed by atoms with van der Waals surface area (Å²) in [6.45, 7) is 3.80. The first kappa shape index (κ1) is 16.5. The first-order chi connectivity index (χ1) is 12.5. The van der Waals surface area contributed by atoms with Crippen molar-refractivity contribution in [3.63, 3.8) is 0 Å². The second-order valence-corrected chi connectivity index (χ2v) is 6.61. The Morgan fingerprint density at radius 3 is 2.58 bits per heavy atom. The van der Waals surface area contributed by atoms with E-state index in [1.165, 1.54) is 4.68 Å².